The number of aryl methyl sites for hydroxylation is 1. The highest BCUT2D eigenvalue weighted by Gasteiger charge is 2.21. The van der Waals surface area contributed by atoms with E-state index in [4.69, 9.17) is 4.74 Å². The van der Waals surface area contributed by atoms with Gasteiger partial charge in [-0.3, -0.25) is 14.7 Å². The number of ether oxygens (including phenoxy) is 1. The van der Waals surface area contributed by atoms with Crippen molar-refractivity contribution in [3.63, 3.8) is 0 Å². The zero-order valence-corrected chi connectivity index (χ0v) is 13.8. The number of aromatic nitrogens is 1. The molecule has 1 aromatic heterocycles. The topological polar surface area (TPSA) is 54.5 Å². The standard InChI is InChI=1S/C17H27N3O2/c1-13-8-16(10-18-9-13)17(21)19-6-4-5-7-20-11-14(2)22-15(3)12-20/h8-10,14-15H,4-7,11-12H2,1-3H3,(H,19,21)/t14-,15-/m0/s1. The molecule has 2 atom stereocenters. The van der Waals surface area contributed by atoms with Gasteiger partial charge >= 0.3 is 0 Å². The minimum Gasteiger partial charge on any atom is -0.373 e. The minimum atomic E-state index is -0.0372. The van der Waals surface area contributed by atoms with E-state index in [1.54, 1.807) is 12.4 Å². The van der Waals surface area contributed by atoms with Crippen molar-refractivity contribution in [1.29, 1.82) is 0 Å². The van der Waals surface area contributed by atoms with Gasteiger partial charge in [-0.1, -0.05) is 0 Å². The first kappa shape index (κ1) is 16.9. The number of hydrogen-bond acceptors (Lipinski definition) is 4. The van der Waals surface area contributed by atoms with Crippen molar-refractivity contribution in [2.24, 2.45) is 0 Å². The molecule has 1 amide bonds. The van der Waals surface area contributed by atoms with Crippen LogP contribution >= 0.6 is 0 Å². The molecule has 2 rings (SSSR count). The second kappa shape index (κ2) is 8.25. The van der Waals surface area contributed by atoms with Gasteiger partial charge in [-0.15, -0.1) is 0 Å². The number of hydrogen-bond donors (Lipinski definition) is 1. The fourth-order valence-electron chi connectivity index (χ4n) is 2.91. The Hall–Kier alpha value is -1.46. The van der Waals surface area contributed by atoms with Crippen molar-refractivity contribution in [3.8, 4) is 0 Å². The van der Waals surface area contributed by atoms with Crippen molar-refractivity contribution in [1.82, 2.24) is 15.2 Å². The van der Waals surface area contributed by atoms with Crippen LogP contribution in [0.3, 0.4) is 0 Å². The number of nitrogens with zero attached hydrogens (tertiary/aromatic N) is 2. The van der Waals surface area contributed by atoms with Gasteiger partial charge in [0.1, 0.15) is 0 Å². The van der Waals surface area contributed by atoms with E-state index in [0.717, 1.165) is 38.0 Å². The van der Waals surface area contributed by atoms with Crippen LogP contribution in [-0.2, 0) is 4.74 Å². The summed E-state index contributed by atoms with van der Waals surface area (Å²) >= 11 is 0. The summed E-state index contributed by atoms with van der Waals surface area (Å²) in [4.78, 5) is 18.5. The summed E-state index contributed by atoms with van der Waals surface area (Å²) in [6.07, 6.45) is 6.08. The number of nitrogens with one attached hydrogen (secondary N) is 1. The first-order valence-electron chi connectivity index (χ1n) is 8.12. The molecular weight excluding hydrogens is 278 g/mol. The average molecular weight is 305 g/mol. The molecule has 0 spiro atoms. The maximum absolute atomic E-state index is 12.0. The smallest absolute Gasteiger partial charge is 0.252 e. The zero-order valence-electron chi connectivity index (χ0n) is 13.8. The van der Waals surface area contributed by atoms with Crippen molar-refractivity contribution < 1.29 is 9.53 Å². The van der Waals surface area contributed by atoms with E-state index in [1.165, 1.54) is 0 Å². The Morgan fingerprint density at radius 3 is 2.73 bits per heavy atom. The second-order valence-corrected chi connectivity index (χ2v) is 6.23. The highest BCUT2D eigenvalue weighted by molar-refractivity contribution is 5.93. The maximum atomic E-state index is 12.0. The molecule has 0 aromatic carbocycles. The third kappa shape index (κ3) is 5.39. The van der Waals surface area contributed by atoms with E-state index in [2.05, 4.69) is 29.0 Å². The van der Waals surface area contributed by atoms with Crippen molar-refractivity contribution in [3.05, 3.63) is 29.6 Å². The summed E-state index contributed by atoms with van der Waals surface area (Å²) in [7, 11) is 0. The van der Waals surface area contributed by atoms with Crippen LogP contribution in [0.4, 0.5) is 0 Å². The molecule has 1 saturated heterocycles. The monoisotopic (exact) mass is 305 g/mol. The Bertz CT molecular complexity index is 483. The van der Waals surface area contributed by atoms with Crippen LogP contribution in [0.2, 0.25) is 0 Å². The molecule has 1 N–H and O–H groups in total. The van der Waals surface area contributed by atoms with Crippen molar-refractivity contribution >= 4 is 5.91 Å². The van der Waals surface area contributed by atoms with Crippen LogP contribution in [0.1, 0.15) is 42.6 Å². The summed E-state index contributed by atoms with van der Waals surface area (Å²) in [5, 5.41) is 2.96. The Morgan fingerprint density at radius 2 is 2.05 bits per heavy atom. The van der Waals surface area contributed by atoms with Crippen molar-refractivity contribution in [2.75, 3.05) is 26.2 Å². The van der Waals surface area contributed by atoms with Gasteiger partial charge in [0.15, 0.2) is 0 Å². The fraction of sp³-hybridized carbons (Fsp3) is 0.647. The number of morpholine rings is 1. The molecule has 0 aliphatic carbocycles. The van der Waals surface area contributed by atoms with Crippen molar-refractivity contribution in [2.45, 2.75) is 45.8 Å². The average Bonchev–Trinajstić information content (AvgIpc) is 2.45. The minimum absolute atomic E-state index is 0.0372. The van der Waals surface area contributed by atoms with Gasteiger partial charge in [0.2, 0.25) is 0 Å². The lowest BCUT2D eigenvalue weighted by Gasteiger charge is -2.35. The Labute approximate surface area is 133 Å². The lowest BCUT2D eigenvalue weighted by molar-refractivity contribution is -0.0681. The van der Waals surface area contributed by atoms with Crippen LogP contribution < -0.4 is 5.32 Å². The first-order valence-corrected chi connectivity index (χ1v) is 8.12. The van der Waals surface area contributed by atoms with E-state index >= 15 is 0 Å². The van der Waals surface area contributed by atoms with Crippen LogP contribution in [0.25, 0.3) is 0 Å². The molecule has 122 valence electrons. The molecule has 5 heteroatoms. The molecule has 5 nitrogen and oxygen atoms in total. The summed E-state index contributed by atoms with van der Waals surface area (Å²) in [6, 6.07) is 1.86. The van der Waals surface area contributed by atoms with Gasteiger partial charge in [0, 0.05) is 32.0 Å². The van der Waals surface area contributed by atoms with Crippen LogP contribution in [0, 0.1) is 6.92 Å². The molecule has 0 bridgehead atoms. The SMILES string of the molecule is Cc1cncc(C(=O)NCCCCN2C[C@H](C)O[C@@H](C)C2)c1. The normalized spacial score (nSPS) is 22.5. The molecule has 0 saturated carbocycles. The summed E-state index contributed by atoms with van der Waals surface area (Å²) in [5.74, 6) is -0.0372. The van der Waals surface area contributed by atoms with Crippen LogP contribution in [-0.4, -0.2) is 54.2 Å². The third-order valence-electron chi connectivity index (χ3n) is 3.82. The molecule has 1 aliphatic heterocycles. The van der Waals surface area contributed by atoms with E-state index in [9.17, 15) is 4.79 Å². The molecule has 2 heterocycles. The van der Waals surface area contributed by atoms with Crippen LogP contribution in [0.15, 0.2) is 18.5 Å². The van der Waals surface area contributed by atoms with Gasteiger partial charge in [0.05, 0.1) is 17.8 Å². The van der Waals surface area contributed by atoms with E-state index < -0.39 is 0 Å². The molecule has 1 fully saturated rings. The third-order valence-corrected chi connectivity index (χ3v) is 3.82. The van der Waals surface area contributed by atoms with E-state index in [-0.39, 0.29) is 5.91 Å². The summed E-state index contributed by atoms with van der Waals surface area (Å²) in [5.41, 5.74) is 1.64. The Kier molecular flexibility index (Phi) is 6.34. The summed E-state index contributed by atoms with van der Waals surface area (Å²) < 4.78 is 5.73. The Balaban J connectivity index is 1.62. The number of rotatable bonds is 6. The Morgan fingerprint density at radius 1 is 1.32 bits per heavy atom. The summed E-state index contributed by atoms with van der Waals surface area (Å²) in [6.45, 7) is 9.98. The number of carbonyl (C=O) groups is 1. The highest BCUT2D eigenvalue weighted by atomic mass is 16.5. The van der Waals surface area contributed by atoms with Gasteiger partial charge in [-0.2, -0.15) is 0 Å². The van der Waals surface area contributed by atoms with E-state index in [0.29, 0.717) is 24.3 Å². The van der Waals surface area contributed by atoms with Gasteiger partial charge in [0.25, 0.3) is 5.91 Å². The molecule has 1 aromatic rings. The molecule has 22 heavy (non-hydrogen) atoms. The maximum Gasteiger partial charge on any atom is 0.252 e. The number of amides is 1. The predicted molar refractivity (Wildman–Crippen MR) is 87.0 cm³/mol. The van der Waals surface area contributed by atoms with Gasteiger partial charge < -0.3 is 10.1 Å². The fourth-order valence-corrected chi connectivity index (χ4v) is 2.91. The predicted octanol–water partition coefficient (Wildman–Crippen LogP) is 2.01. The number of unbranched alkanes of at least 4 members (excludes halogenated alkanes) is 1. The van der Waals surface area contributed by atoms with Gasteiger partial charge in [-0.05, 0) is 51.8 Å². The van der Waals surface area contributed by atoms with Crippen LogP contribution in [0.5, 0.6) is 0 Å². The molecular formula is C17H27N3O2. The first-order chi connectivity index (χ1) is 10.5. The molecule has 0 unspecified atom stereocenters. The highest BCUT2D eigenvalue weighted by Crippen LogP contribution is 2.11. The zero-order chi connectivity index (χ0) is 15.9. The quantitative estimate of drug-likeness (QED) is 0.817. The lowest BCUT2D eigenvalue weighted by atomic mass is 10.2. The largest absolute Gasteiger partial charge is 0.373 e. The van der Waals surface area contributed by atoms with E-state index in [1.807, 2.05) is 13.0 Å². The number of carbonyl (C=O) groups excluding carboxylic acids is 1. The number of pyridine rings is 1. The van der Waals surface area contributed by atoms with Gasteiger partial charge in [-0.25, -0.2) is 0 Å². The molecule has 1 aliphatic rings. The lowest BCUT2D eigenvalue weighted by Crippen LogP contribution is -2.45. The molecule has 0 radical (unpaired) electrons. The second-order valence-electron chi connectivity index (χ2n) is 6.23.